The number of ether oxygens (including phenoxy) is 1. The first-order chi connectivity index (χ1) is 7.68. The number of carboxylic acid groups (broad SMARTS) is 1. The first kappa shape index (κ1) is 16.8. The van der Waals surface area contributed by atoms with E-state index in [1.165, 1.54) is 12.5 Å². The number of hydrogen-bond donors (Lipinski definition) is 3. The molecule has 0 saturated carbocycles. The average Bonchev–Trinajstić information content (AvgIpc) is 2.29. The van der Waals surface area contributed by atoms with Crippen molar-refractivity contribution in [2.24, 2.45) is 0 Å². The van der Waals surface area contributed by atoms with Crippen LogP contribution in [0.1, 0.15) is 12.8 Å². The minimum Gasteiger partial charge on any atom is -0.478 e. The Labute approximate surface area is 95.0 Å². The minimum atomic E-state index is -0.981. The molecule has 0 aromatic carbocycles. The van der Waals surface area contributed by atoms with E-state index in [-0.39, 0.29) is 13.2 Å². The van der Waals surface area contributed by atoms with Crippen LogP contribution < -0.4 is 0 Å². The molecule has 0 amide bonds. The molecule has 92 valence electrons. The number of carbonyl (C=O) groups is 1. The van der Waals surface area contributed by atoms with Crippen molar-refractivity contribution in [1.29, 1.82) is 0 Å². The Morgan fingerprint density at radius 3 is 1.75 bits per heavy atom. The second-order valence-corrected chi connectivity index (χ2v) is 2.45. The standard InChI is InChI=1S/C8H14O3.C3H4O2/c9-5-1-3-7-11-8-4-2-6-10;1-2-3(4)5/h3-4,7-10H,1-2,5-6H2;2H,1H2,(H,4,5). The van der Waals surface area contributed by atoms with Gasteiger partial charge in [-0.3, -0.25) is 0 Å². The molecular weight excluding hydrogens is 212 g/mol. The van der Waals surface area contributed by atoms with E-state index in [2.05, 4.69) is 6.58 Å². The predicted octanol–water partition coefficient (Wildman–Crippen LogP) is 1.05. The summed E-state index contributed by atoms with van der Waals surface area (Å²) in [6.45, 7) is 3.24. The largest absolute Gasteiger partial charge is 0.478 e. The number of rotatable bonds is 7. The first-order valence-electron chi connectivity index (χ1n) is 4.71. The smallest absolute Gasteiger partial charge is 0.327 e. The summed E-state index contributed by atoms with van der Waals surface area (Å²) in [5, 5.41) is 24.3. The molecule has 5 heteroatoms. The van der Waals surface area contributed by atoms with Crippen LogP contribution in [0.15, 0.2) is 37.3 Å². The molecule has 0 aromatic heterocycles. The highest BCUT2D eigenvalue weighted by molar-refractivity contribution is 5.78. The summed E-state index contributed by atoms with van der Waals surface area (Å²) >= 11 is 0. The van der Waals surface area contributed by atoms with E-state index in [0.717, 1.165) is 6.08 Å². The van der Waals surface area contributed by atoms with Crippen molar-refractivity contribution in [3.05, 3.63) is 37.3 Å². The zero-order chi connectivity index (χ0) is 12.6. The molecule has 0 atom stereocenters. The quantitative estimate of drug-likeness (QED) is 0.449. The maximum Gasteiger partial charge on any atom is 0.327 e. The van der Waals surface area contributed by atoms with Gasteiger partial charge in [-0.15, -0.1) is 0 Å². The second-order valence-electron chi connectivity index (χ2n) is 2.45. The van der Waals surface area contributed by atoms with E-state index in [4.69, 9.17) is 20.1 Å². The molecule has 0 aliphatic heterocycles. The highest BCUT2D eigenvalue weighted by Crippen LogP contribution is 1.86. The van der Waals surface area contributed by atoms with Crippen molar-refractivity contribution in [2.45, 2.75) is 12.8 Å². The van der Waals surface area contributed by atoms with Crippen molar-refractivity contribution in [1.82, 2.24) is 0 Å². The van der Waals surface area contributed by atoms with Gasteiger partial charge in [0.2, 0.25) is 0 Å². The molecule has 0 radical (unpaired) electrons. The molecule has 0 aliphatic rings. The highest BCUT2D eigenvalue weighted by Gasteiger charge is 1.74. The summed E-state index contributed by atoms with van der Waals surface area (Å²) in [6.07, 6.45) is 8.50. The summed E-state index contributed by atoms with van der Waals surface area (Å²) in [4.78, 5) is 9.25. The molecule has 0 unspecified atom stereocenters. The topological polar surface area (TPSA) is 87.0 Å². The van der Waals surface area contributed by atoms with Crippen molar-refractivity contribution >= 4 is 5.97 Å². The molecule has 0 saturated heterocycles. The maximum absolute atomic E-state index is 9.25. The van der Waals surface area contributed by atoms with Crippen LogP contribution in [0.25, 0.3) is 0 Å². The number of carboxylic acids is 1. The fraction of sp³-hybridized carbons (Fsp3) is 0.364. The lowest BCUT2D eigenvalue weighted by Gasteiger charge is -1.88. The lowest BCUT2D eigenvalue weighted by atomic mass is 10.4. The van der Waals surface area contributed by atoms with E-state index in [9.17, 15) is 4.79 Å². The van der Waals surface area contributed by atoms with E-state index in [0.29, 0.717) is 12.8 Å². The maximum atomic E-state index is 9.25. The lowest BCUT2D eigenvalue weighted by Crippen LogP contribution is -1.82. The van der Waals surface area contributed by atoms with Crippen molar-refractivity contribution in [3.63, 3.8) is 0 Å². The molecule has 0 bridgehead atoms. The fourth-order valence-corrected chi connectivity index (χ4v) is 0.442. The Kier molecular flexibility index (Phi) is 16.7. The normalized spacial score (nSPS) is 9.88. The summed E-state index contributed by atoms with van der Waals surface area (Å²) in [5.74, 6) is -0.981. The van der Waals surface area contributed by atoms with Gasteiger partial charge in [-0.1, -0.05) is 6.58 Å². The van der Waals surface area contributed by atoms with Crippen molar-refractivity contribution in [2.75, 3.05) is 13.2 Å². The molecule has 0 heterocycles. The molecular formula is C11H18O5. The van der Waals surface area contributed by atoms with Crippen LogP contribution in [-0.2, 0) is 9.53 Å². The average molecular weight is 230 g/mol. The fourth-order valence-electron chi connectivity index (χ4n) is 0.442. The van der Waals surface area contributed by atoms with Gasteiger partial charge in [-0.05, 0) is 25.0 Å². The summed E-state index contributed by atoms with van der Waals surface area (Å²) in [7, 11) is 0. The van der Waals surface area contributed by atoms with E-state index in [1.54, 1.807) is 12.2 Å². The Morgan fingerprint density at radius 1 is 1.12 bits per heavy atom. The third-order valence-corrected chi connectivity index (χ3v) is 1.12. The number of aliphatic hydroxyl groups excluding tert-OH is 2. The SMILES string of the molecule is C=CC(=O)O.OCCC=COC=CCCO. The Balaban J connectivity index is 0. The zero-order valence-corrected chi connectivity index (χ0v) is 9.08. The minimum absolute atomic E-state index is 0.139. The van der Waals surface area contributed by atoms with Crippen LogP contribution in [0.4, 0.5) is 0 Å². The molecule has 0 aliphatic carbocycles. The van der Waals surface area contributed by atoms with Crippen LogP contribution in [-0.4, -0.2) is 34.5 Å². The number of aliphatic hydroxyl groups is 2. The first-order valence-corrected chi connectivity index (χ1v) is 4.71. The predicted molar refractivity (Wildman–Crippen MR) is 60.6 cm³/mol. The third kappa shape index (κ3) is 22.8. The summed E-state index contributed by atoms with van der Waals surface area (Å²) < 4.78 is 4.85. The molecule has 5 nitrogen and oxygen atoms in total. The van der Waals surface area contributed by atoms with Gasteiger partial charge in [0.1, 0.15) is 0 Å². The summed E-state index contributed by atoms with van der Waals surface area (Å²) in [6, 6.07) is 0. The van der Waals surface area contributed by atoms with Crippen LogP contribution in [0, 0.1) is 0 Å². The molecule has 0 spiro atoms. The Hall–Kier alpha value is -1.59. The molecule has 3 N–H and O–H groups in total. The number of hydrogen-bond acceptors (Lipinski definition) is 4. The Morgan fingerprint density at radius 2 is 1.50 bits per heavy atom. The van der Waals surface area contributed by atoms with Gasteiger partial charge in [-0.25, -0.2) is 4.79 Å². The third-order valence-electron chi connectivity index (χ3n) is 1.12. The van der Waals surface area contributed by atoms with Crippen LogP contribution in [0.3, 0.4) is 0 Å². The van der Waals surface area contributed by atoms with Gasteiger partial charge >= 0.3 is 5.97 Å². The van der Waals surface area contributed by atoms with Gasteiger partial charge in [0.25, 0.3) is 0 Å². The Bertz CT molecular complexity index is 206. The van der Waals surface area contributed by atoms with E-state index < -0.39 is 5.97 Å². The van der Waals surface area contributed by atoms with Gasteiger partial charge in [0.05, 0.1) is 12.5 Å². The van der Waals surface area contributed by atoms with Crippen molar-refractivity contribution in [3.8, 4) is 0 Å². The highest BCUT2D eigenvalue weighted by atomic mass is 16.5. The van der Waals surface area contributed by atoms with Gasteiger partial charge < -0.3 is 20.1 Å². The van der Waals surface area contributed by atoms with Crippen LogP contribution in [0.2, 0.25) is 0 Å². The van der Waals surface area contributed by atoms with E-state index in [1.807, 2.05) is 0 Å². The van der Waals surface area contributed by atoms with Gasteiger partial charge in [0, 0.05) is 19.3 Å². The molecule has 16 heavy (non-hydrogen) atoms. The van der Waals surface area contributed by atoms with Crippen molar-refractivity contribution < 1.29 is 24.9 Å². The number of aliphatic carboxylic acids is 1. The second kappa shape index (κ2) is 15.9. The summed E-state index contributed by atoms with van der Waals surface area (Å²) in [5.41, 5.74) is 0. The monoisotopic (exact) mass is 230 g/mol. The van der Waals surface area contributed by atoms with Crippen LogP contribution in [0.5, 0.6) is 0 Å². The van der Waals surface area contributed by atoms with Crippen LogP contribution >= 0.6 is 0 Å². The molecule has 0 aromatic rings. The van der Waals surface area contributed by atoms with E-state index >= 15 is 0 Å². The lowest BCUT2D eigenvalue weighted by molar-refractivity contribution is -0.131. The molecule has 0 fully saturated rings. The molecule has 0 rings (SSSR count). The van der Waals surface area contributed by atoms with Gasteiger partial charge in [0.15, 0.2) is 0 Å². The van der Waals surface area contributed by atoms with Gasteiger partial charge in [-0.2, -0.15) is 0 Å². The zero-order valence-electron chi connectivity index (χ0n) is 9.08.